The fourth-order valence-electron chi connectivity index (χ4n) is 4.14. The van der Waals surface area contributed by atoms with Crippen molar-refractivity contribution >= 4 is 0 Å². The van der Waals surface area contributed by atoms with Crippen molar-refractivity contribution in [2.75, 3.05) is 46.3 Å². The van der Waals surface area contributed by atoms with E-state index in [2.05, 4.69) is 56.8 Å². The van der Waals surface area contributed by atoms with Gasteiger partial charge in [-0.15, -0.1) is 0 Å². The summed E-state index contributed by atoms with van der Waals surface area (Å²) in [4.78, 5) is 5.15. The zero-order valence-corrected chi connectivity index (χ0v) is 14.2. The maximum atomic E-state index is 6.34. The highest BCUT2D eigenvalue weighted by atomic mass is 16.5. The molecule has 2 rings (SSSR count). The summed E-state index contributed by atoms with van der Waals surface area (Å²) in [7, 11) is 2.07. The van der Waals surface area contributed by atoms with Crippen LogP contribution in [0.3, 0.4) is 0 Å². The highest BCUT2D eigenvalue weighted by molar-refractivity contribution is 5.05. The average Bonchev–Trinajstić information content (AvgIpc) is 2.54. The minimum Gasteiger partial charge on any atom is -0.368 e. The lowest BCUT2D eigenvalue weighted by Crippen LogP contribution is -2.53. The fraction of sp³-hybridized carbons (Fsp3) is 1.00. The first-order chi connectivity index (χ1) is 9.30. The van der Waals surface area contributed by atoms with Gasteiger partial charge in [-0.25, -0.2) is 0 Å². The van der Waals surface area contributed by atoms with Gasteiger partial charge in [-0.1, -0.05) is 6.92 Å². The van der Waals surface area contributed by atoms with Crippen molar-refractivity contribution < 1.29 is 4.74 Å². The molecule has 1 N–H and O–H groups in total. The van der Waals surface area contributed by atoms with E-state index in [1.54, 1.807) is 0 Å². The third-order valence-electron chi connectivity index (χ3n) is 5.25. The van der Waals surface area contributed by atoms with E-state index in [4.69, 9.17) is 4.74 Å². The van der Waals surface area contributed by atoms with Crippen LogP contribution < -0.4 is 5.32 Å². The van der Waals surface area contributed by atoms with Crippen molar-refractivity contribution in [1.29, 1.82) is 0 Å². The van der Waals surface area contributed by atoms with Gasteiger partial charge in [0.15, 0.2) is 0 Å². The summed E-state index contributed by atoms with van der Waals surface area (Å²) in [5, 5.41) is 3.51. The zero-order chi connectivity index (χ0) is 15.0. The Morgan fingerprint density at radius 1 is 1.00 bits per heavy atom. The Morgan fingerprint density at radius 3 is 2.05 bits per heavy atom. The Labute approximate surface area is 124 Å². The van der Waals surface area contributed by atoms with Gasteiger partial charge in [0.1, 0.15) is 0 Å². The lowest BCUT2D eigenvalue weighted by Gasteiger charge is -2.39. The van der Waals surface area contributed by atoms with E-state index < -0.39 is 0 Å². The van der Waals surface area contributed by atoms with Gasteiger partial charge in [0.05, 0.1) is 11.2 Å². The molecule has 20 heavy (non-hydrogen) atoms. The Bertz CT molecular complexity index is 322. The molecule has 2 saturated heterocycles. The molecule has 118 valence electrons. The van der Waals surface area contributed by atoms with E-state index in [1.807, 2.05) is 0 Å². The molecule has 0 radical (unpaired) electrons. The summed E-state index contributed by atoms with van der Waals surface area (Å²) in [5.74, 6) is 0.538. The van der Waals surface area contributed by atoms with Crippen LogP contribution in [0, 0.1) is 5.92 Å². The number of likely N-dealkylation sites (N-methyl/N-ethyl adjacent to an activating group) is 2. The van der Waals surface area contributed by atoms with E-state index in [9.17, 15) is 0 Å². The van der Waals surface area contributed by atoms with Crippen molar-refractivity contribution in [3.8, 4) is 0 Å². The van der Waals surface area contributed by atoms with Gasteiger partial charge >= 0.3 is 0 Å². The molecule has 2 aliphatic rings. The Kier molecular flexibility index (Phi) is 4.80. The molecule has 0 aromatic rings. The zero-order valence-electron chi connectivity index (χ0n) is 14.2. The van der Waals surface area contributed by atoms with Gasteiger partial charge in [0.2, 0.25) is 0 Å². The predicted octanol–water partition coefficient (Wildman–Crippen LogP) is 1.42. The van der Waals surface area contributed by atoms with E-state index in [-0.39, 0.29) is 11.2 Å². The van der Waals surface area contributed by atoms with E-state index in [0.717, 1.165) is 6.54 Å². The molecule has 4 heteroatoms. The lowest BCUT2D eigenvalue weighted by molar-refractivity contribution is -0.0799. The van der Waals surface area contributed by atoms with Crippen molar-refractivity contribution in [3.63, 3.8) is 0 Å². The molecule has 0 spiro atoms. The summed E-state index contributed by atoms with van der Waals surface area (Å²) in [6, 6.07) is 0.418. The summed E-state index contributed by atoms with van der Waals surface area (Å²) in [5.41, 5.74) is -0.146. The van der Waals surface area contributed by atoms with E-state index in [1.165, 1.54) is 32.7 Å². The van der Waals surface area contributed by atoms with Crippen LogP contribution in [0.5, 0.6) is 0 Å². The monoisotopic (exact) mass is 283 g/mol. The first kappa shape index (κ1) is 16.2. The molecule has 0 aromatic heterocycles. The van der Waals surface area contributed by atoms with Crippen LogP contribution in [-0.4, -0.2) is 73.4 Å². The smallest absolute Gasteiger partial charge is 0.0790 e. The predicted molar refractivity (Wildman–Crippen MR) is 84.1 cm³/mol. The number of piperazine rings is 1. The number of hydrogen-bond acceptors (Lipinski definition) is 4. The molecule has 0 bridgehead atoms. The molecule has 2 unspecified atom stereocenters. The number of nitrogens with zero attached hydrogens (tertiary/aromatic N) is 2. The van der Waals surface area contributed by atoms with Gasteiger partial charge in [-0.2, -0.15) is 0 Å². The van der Waals surface area contributed by atoms with Crippen molar-refractivity contribution in [3.05, 3.63) is 0 Å². The van der Waals surface area contributed by atoms with Crippen LogP contribution in [0.1, 0.15) is 34.6 Å². The number of nitrogens with one attached hydrogen (secondary N) is 1. The summed E-state index contributed by atoms with van der Waals surface area (Å²) < 4.78 is 6.34. The molecule has 0 aliphatic carbocycles. The summed E-state index contributed by atoms with van der Waals surface area (Å²) >= 11 is 0. The number of ether oxygens (including phenoxy) is 1. The van der Waals surface area contributed by atoms with Gasteiger partial charge < -0.3 is 19.9 Å². The van der Waals surface area contributed by atoms with Crippen LogP contribution in [0.25, 0.3) is 0 Å². The highest BCUT2D eigenvalue weighted by Gasteiger charge is 2.53. The first-order valence-corrected chi connectivity index (χ1v) is 8.12. The first-order valence-electron chi connectivity index (χ1n) is 8.12. The molecule has 0 saturated carbocycles. The van der Waals surface area contributed by atoms with Crippen LogP contribution >= 0.6 is 0 Å². The Hall–Kier alpha value is -0.160. The molecule has 2 fully saturated rings. The van der Waals surface area contributed by atoms with E-state index >= 15 is 0 Å². The second-order valence-corrected chi connectivity index (χ2v) is 7.42. The van der Waals surface area contributed by atoms with Gasteiger partial charge in [0.25, 0.3) is 0 Å². The SMILES string of the molecule is CCN1CCN(CC2C(NC)C(C)(C)OC2(C)C)CC1. The third-order valence-corrected chi connectivity index (χ3v) is 5.25. The normalized spacial score (nSPS) is 34.5. The Balaban J connectivity index is 2.00. The standard InChI is InChI=1S/C16H33N3O/c1-7-18-8-10-19(11-9-18)12-13-14(17-6)16(4,5)20-15(13,2)3/h13-14,17H,7-12H2,1-6H3. The fourth-order valence-corrected chi connectivity index (χ4v) is 4.14. The molecule has 0 amide bonds. The molecular weight excluding hydrogens is 250 g/mol. The van der Waals surface area contributed by atoms with E-state index in [0.29, 0.717) is 12.0 Å². The third kappa shape index (κ3) is 3.19. The van der Waals surface area contributed by atoms with Crippen LogP contribution in [0.4, 0.5) is 0 Å². The Morgan fingerprint density at radius 2 is 1.55 bits per heavy atom. The van der Waals surface area contributed by atoms with Gasteiger partial charge in [-0.05, 0) is 41.3 Å². The second-order valence-electron chi connectivity index (χ2n) is 7.42. The van der Waals surface area contributed by atoms with Crippen molar-refractivity contribution in [2.24, 2.45) is 5.92 Å². The number of rotatable bonds is 4. The minimum absolute atomic E-state index is 0.0565. The van der Waals surface area contributed by atoms with Gasteiger partial charge in [0, 0.05) is 44.7 Å². The largest absolute Gasteiger partial charge is 0.368 e. The number of hydrogen-bond donors (Lipinski definition) is 1. The average molecular weight is 283 g/mol. The molecule has 2 heterocycles. The lowest BCUT2D eigenvalue weighted by atomic mass is 9.82. The topological polar surface area (TPSA) is 27.7 Å². The van der Waals surface area contributed by atoms with Gasteiger partial charge in [-0.3, -0.25) is 0 Å². The van der Waals surface area contributed by atoms with Crippen molar-refractivity contribution in [2.45, 2.75) is 51.9 Å². The van der Waals surface area contributed by atoms with Crippen LogP contribution in [0.15, 0.2) is 0 Å². The molecule has 2 atom stereocenters. The maximum Gasteiger partial charge on any atom is 0.0790 e. The minimum atomic E-state index is -0.0891. The molecule has 0 aromatic carbocycles. The van der Waals surface area contributed by atoms with Crippen LogP contribution in [0.2, 0.25) is 0 Å². The molecule has 4 nitrogen and oxygen atoms in total. The van der Waals surface area contributed by atoms with Crippen molar-refractivity contribution in [1.82, 2.24) is 15.1 Å². The summed E-state index contributed by atoms with van der Waals surface area (Å²) in [6.45, 7) is 18.3. The highest BCUT2D eigenvalue weighted by Crippen LogP contribution is 2.42. The van der Waals surface area contributed by atoms with Crippen LogP contribution in [-0.2, 0) is 4.74 Å². The molecule has 2 aliphatic heterocycles. The molecular formula is C16H33N3O. The summed E-state index contributed by atoms with van der Waals surface area (Å²) in [6.07, 6.45) is 0. The quantitative estimate of drug-likeness (QED) is 0.844. The second kappa shape index (κ2) is 5.91. The maximum absolute atomic E-state index is 6.34.